The van der Waals surface area contributed by atoms with Crippen molar-refractivity contribution in [3.05, 3.63) is 35.9 Å². The summed E-state index contributed by atoms with van der Waals surface area (Å²) in [5, 5.41) is 3.76. The monoisotopic (exact) mass is 259 g/mol. The minimum atomic E-state index is 0.399. The summed E-state index contributed by atoms with van der Waals surface area (Å²) in [6.07, 6.45) is 5.29. The molecular formula is C17H25NO. The second kappa shape index (κ2) is 5.64. The smallest absolute Gasteiger partial charge is 0.0554 e. The van der Waals surface area contributed by atoms with Crippen LogP contribution in [0.15, 0.2) is 30.3 Å². The van der Waals surface area contributed by atoms with E-state index in [-0.39, 0.29) is 0 Å². The van der Waals surface area contributed by atoms with E-state index in [1.54, 1.807) is 0 Å². The summed E-state index contributed by atoms with van der Waals surface area (Å²) < 4.78 is 5.31. The van der Waals surface area contributed by atoms with Crippen LogP contribution >= 0.6 is 0 Å². The van der Waals surface area contributed by atoms with Gasteiger partial charge in [-0.2, -0.15) is 0 Å². The van der Waals surface area contributed by atoms with Gasteiger partial charge in [-0.15, -0.1) is 0 Å². The Labute approximate surface area is 116 Å². The van der Waals surface area contributed by atoms with Gasteiger partial charge in [0.25, 0.3) is 0 Å². The maximum atomic E-state index is 5.31. The topological polar surface area (TPSA) is 21.3 Å². The third kappa shape index (κ3) is 3.18. The van der Waals surface area contributed by atoms with Crippen LogP contribution in [-0.4, -0.2) is 25.8 Å². The molecule has 0 atom stereocenters. The number of nitrogens with one attached hydrogen (secondary N) is 1. The van der Waals surface area contributed by atoms with E-state index in [4.69, 9.17) is 4.74 Å². The van der Waals surface area contributed by atoms with Crippen LogP contribution in [0.5, 0.6) is 0 Å². The third-order valence-electron chi connectivity index (χ3n) is 4.72. The molecule has 1 saturated carbocycles. The van der Waals surface area contributed by atoms with Crippen LogP contribution in [0.4, 0.5) is 0 Å². The number of rotatable bonds is 4. The van der Waals surface area contributed by atoms with Gasteiger partial charge in [-0.3, -0.25) is 0 Å². The summed E-state index contributed by atoms with van der Waals surface area (Å²) in [5.41, 5.74) is 1.93. The third-order valence-corrected chi connectivity index (χ3v) is 4.72. The van der Waals surface area contributed by atoms with E-state index in [1.165, 1.54) is 31.2 Å². The van der Waals surface area contributed by atoms with Crippen LogP contribution in [0.2, 0.25) is 0 Å². The summed E-state index contributed by atoms with van der Waals surface area (Å²) in [7, 11) is 0. The molecule has 2 heteroatoms. The number of hydrogen-bond donors (Lipinski definition) is 1. The zero-order valence-corrected chi connectivity index (χ0v) is 11.9. The Morgan fingerprint density at radius 2 is 1.79 bits per heavy atom. The molecule has 0 spiro atoms. The van der Waals surface area contributed by atoms with Gasteiger partial charge in [0.1, 0.15) is 0 Å². The first-order valence-electron chi connectivity index (χ1n) is 7.61. The van der Waals surface area contributed by atoms with Crippen molar-refractivity contribution in [1.29, 1.82) is 0 Å². The molecular weight excluding hydrogens is 234 g/mol. The lowest BCUT2D eigenvalue weighted by Crippen LogP contribution is -2.50. The predicted octanol–water partition coefficient (Wildman–Crippen LogP) is 3.34. The molecule has 1 aliphatic carbocycles. The van der Waals surface area contributed by atoms with Crippen molar-refractivity contribution in [2.75, 3.05) is 19.8 Å². The Bertz CT molecular complexity index is 391. The molecule has 0 bridgehead atoms. The van der Waals surface area contributed by atoms with Crippen molar-refractivity contribution in [3.8, 4) is 0 Å². The van der Waals surface area contributed by atoms with Crippen molar-refractivity contribution >= 4 is 0 Å². The Morgan fingerprint density at radius 1 is 1.11 bits per heavy atom. The lowest BCUT2D eigenvalue weighted by atomic mass is 9.81. The van der Waals surface area contributed by atoms with E-state index in [0.717, 1.165) is 31.7 Å². The van der Waals surface area contributed by atoms with Crippen LogP contribution in [0.3, 0.4) is 0 Å². The van der Waals surface area contributed by atoms with Crippen LogP contribution in [0.1, 0.15) is 44.1 Å². The van der Waals surface area contributed by atoms with Crippen molar-refractivity contribution in [2.24, 2.45) is 5.41 Å². The van der Waals surface area contributed by atoms with Gasteiger partial charge in [-0.1, -0.05) is 37.3 Å². The highest BCUT2D eigenvalue weighted by Crippen LogP contribution is 2.33. The SMILES string of the molecule is CC1(CNC2CCC(c3ccccc3)CC2)COC1. The highest BCUT2D eigenvalue weighted by molar-refractivity contribution is 5.20. The molecule has 0 amide bonds. The maximum Gasteiger partial charge on any atom is 0.0554 e. The Morgan fingerprint density at radius 3 is 2.37 bits per heavy atom. The Kier molecular flexibility index (Phi) is 3.90. The number of ether oxygens (including phenoxy) is 1. The fraction of sp³-hybridized carbons (Fsp3) is 0.647. The molecule has 0 radical (unpaired) electrons. The van der Waals surface area contributed by atoms with E-state index in [1.807, 2.05) is 0 Å². The number of benzene rings is 1. The average Bonchev–Trinajstić information content (AvgIpc) is 2.45. The van der Waals surface area contributed by atoms with E-state index < -0.39 is 0 Å². The van der Waals surface area contributed by atoms with E-state index >= 15 is 0 Å². The van der Waals surface area contributed by atoms with Crippen molar-refractivity contribution in [2.45, 2.75) is 44.6 Å². The van der Waals surface area contributed by atoms with Gasteiger partial charge < -0.3 is 10.1 Å². The summed E-state index contributed by atoms with van der Waals surface area (Å²) >= 11 is 0. The fourth-order valence-electron chi connectivity index (χ4n) is 3.30. The summed E-state index contributed by atoms with van der Waals surface area (Å²) in [6, 6.07) is 11.7. The highest BCUT2D eigenvalue weighted by Gasteiger charge is 2.34. The molecule has 0 unspecified atom stereocenters. The Hall–Kier alpha value is -0.860. The van der Waals surface area contributed by atoms with Crippen LogP contribution in [0.25, 0.3) is 0 Å². The van der Waals surface area contributed by atoms with E-state index in [2.05, 4.69) is 42.6 Å². The summed E-state index contributed by atoms with van der Waals surface area (Å²) in [6.45, 7) is 5.30. The summed E-state index contributed by atoms with van der Waals surface area (Å²) in [4.78, 5) is 0. The lowest BCUT2D eigenvalue weighted by molar-refractivity contribution is -0.100. The molecule has 1 aliphatic heterocycles. The van der Waals surface area contributed by atoms with Crippen molar-refractivity contribution in [1.82, 2.24) is 5.32 Å². The van der Waals surface area contributed by atoms with E-state index in [0.29, 0.717) is 5.41 Å². The van der Waals surface area contributed by atoms with Gasteiger partial charge in [0.15, 0.2) is 0 Å². The highest BCUT2D eigenvalue weighted by atomic mass is 16.5. The molecule has 1 saturated heterocycles. The lowest BCUT2D eigenvalue weighted by Gasteiger charge is -2.40. The van der Waals surface area contributed by atoms with Crippen LogP contribution in [-0.2, 0) is 4.74 Å². The molecule has 2 nitrogen and oxygen atoms in total. The summed E-state index contributed by atoms with van der Waals surface area (Å²) in [5.74, 6) is 0.780. The van der Waals surface area contributed by atoms with E-state index in [9.17, 15) is 0 Å². The molecule has 1 N–H and O–H groups in total. The quantitative estimate of drug-likeness (QED) is 0.895. The zero-order chi connectivity index (χ0) is 13.1. The van der Waals surface area contributed by atoms with Gasteiger partial charge in [-0.25, -0.2) is 0 Å². The first kappa shape index (κ1) is 13.1. The maximum absolute atomic E-state index is 5.31. The van der Waals surface area contributed by atoms with Crippen LogP contribution in [0, 0.1) is 5.41 Å². The number of hydrogen-bond acceptors (Lipinski definition) is 2. The van der Waals surface area contributed by atoms with Gasteiger partial charge in [-0.05, 0) is 37.2 Å². The average molecular weight is 259 g/mol. The molecule has 3 rings (SSSR count). The first-order valence-corrected chi connectivity index (χ1v) is 7.61. The molecule has 1 aromatic carbocycles. The standard InChI is InChI=1S/C17H25NO/c1-17(12-19-13-17)11-18-16-9-7-15(8-10-16)14-5-3-2-4-6-14/h2-6,15-16,18H,7-13H2,1H3. The van der Waals surface area contributed by atoms with Gasteiger partial charge in [0.05, 0.1) is 13.2 Å². The largest absolute Gasteiger partial charge is 0.380 e. The van der Waals surface area contributed by atoms with Crippen molar-refractivity contribution in [3.63, 3.8) is 0 Å². The van der Waals surface area contributed by atoms with Gasteiger partial charge in [0, 0.05) is 18.0 Å². The minimum absolute atomic E-state index is 0.399. The molecule has 2 fully saturated rings. The predicted molar refractivity (Wildman–Crippen MR) is 78.4 cm³/mol. The molecule has 1 heterocycles. The molecule has 1 aromatic rings. The molecule has 2 aliphatic rings. The first-order chi connectivity index (χ1) is 9.25. The minimum Gasteiger partial charge on any atom is -0.380 e. The fourth-order valence-corrected chi connectivity index (χ4v) is 3.30. The second-order valence-electron chi connectivity index (χ2n) is 6.64. The normalized spacial score (nSPS) is 29.7. The van der Waals surface area contributed by atoms with Gasteiger partial charge >= 0.3 is 0 Å². The van der Waals surface area contributed by atoms with Gasteiger partial charge in [0.2, 0.25) is 0 Å². The van der Waals surface area contributed by atoms with Crippen molar-refractivity contribution < 1.29 is 4.74 Å². The molecule has 0 aromatic heterocycles. The molecule has 19 heavy (non-hydrogen) atoms. The Balaban J connectivity index is 1.44. The second-order valence-corrected chi connectivity index (χ2v) is 6.64. The van der Waals surface area contributed by atoms with Crippen LogP contribution < -0.4 is 5.32 Å². The molecule has 104 valence electrons. The zero-order valence-electron chi connectivity index (χ0n) is 11.9.